The highest BCUT2D eigenvalue weighted by Gasteiger charge is 2.18. The number of aliphatic hydroxyl groups is 1. The Morgan fingerprint density at radius 1 is 1.61 bits per heavy atom. The number of nitrogens with zero attached hydrogens (tertiary/aromatic N) is 1. The Kier molecular flexibility index (Phi) is 4.49. The SMILES string of the molecule is CCC(CO)NC(=O)c1cc(S(N)(=O)=O)cn1C. The van der Waals surface area contributed by atoms with Crippen LogP contribution in [0.5, 0.6) is 0 Å². The van der Waals surface area contributed by atoms with Crippen molar-refractivity contribution in [3.05, 3.63) is 18.0 Å². The molecule has 0 aliphatic heterocycles. The maximum absolute atomic E-state index is 11.9. The summed E-state index contributed by atoms with van der Waals surface area (Å²) in [5.74, 6) is -0.451. The molecule has 1 atom stereocenters. The summed E-state index contributed by atoms with van der Waals surface area (Å²) in [6, 6.07) is 0.847. The van der Waals surface area contributed by atoms with Crippen LogP contribution in [0.2, 0.25) is 0 Å². The van der Waals surface area contributed by atoms with E-state index in [4.69, 9.17) is 10.2 Å². The van der Waals surface area contributed by atoms with Gasteiger partial charge in [0.2, 0.25) is 10.0 Å². The lowest BCUT2D eigenvalue weighted by atomic mass is 10.2. The lowest BCUT2D eigenvalue weighted by Crippen LogP contribution is -2.37. The molecule has 0 radical (unpaired) electrons. The largest absolute Gasteiger partial charge is 0.394 e. The summed E-state index contributed by atoms with van der Waals surface area (Å²) in [6.45, 7) is 1.65. The number of hydrogen-bond acceptors (Lipinski definition) is 4. The Labute approximate surface area is 106 Å². The first-order chi connectivity index (χ1) is 8.29. The van der Waals surface area contributed by atoms with Gasteiger partial charge in [-0.1, -0.05) is 6.92 Å². The number of aliphatic hydroxyl groups excluding tert-OH is 1. The van der Waals surface area contributed by atoms with E-state index in [0.29, 0.717) is 6.42 Å². The third-order valence-electron chi connectivity index (χ3n) is 2.59. The van der Waals surface area contributed by atoms with Crippen molar-refractivity contribution in [2.75, 3.05) is 6.61 Å². The van der Waals surface area contributed by atoms with E-state index in [1.54, 1.807) is 7.05 Å². The second-order valence-electron chi connectivity index (χ2n) is 3.98. The number of amides is 1. The van der Waals surface area contributed by atoms with E-state index >= 15 is 0 Å². The summed E-state index contributed by atoms with van der Waals surface area (Å²) >= 11 is 0. The van der Waals surface area contributed by atoms with Gasteiger partial charge in [0.1, 0.15) is 10.6 Å². The summed E-state index contributed by atoms with van der Waals surface area (Å²) in [5.41, 5.74) is 0.172. The molecule has 0 saturated carbocycles. The summed E-state index contributed by atoms with van der Waals surface area (Å²) in [5, 5.41) is 16.6. The van der Waals surface area contributed by atoms with Gasteiger partial charge in [0.15, 0.2) is 0 Å². The van der Waals surface area contributed by atoms with Crippen LogP contribution in [0.3, 0.4) is 0 Å². The van der Waals surface area contributed by atoms with Crippen LogP contribution in [0.1, 0.15) is 23.8 Å². The van der Waals surface area contributed by atoms with Crippen molar-refractivity contribution in [2.24, 2.45) is 12.2 Å². The number of primary sulfonamides is 1. The number of aromatic nitrogens is 1. The second kappa shape index (κ2) is 5.51. The van der Waals surface area contributed by atoms with Crippen LogP contribution in [0.25, 0.3) is 0 Å². The fourth-order valence-corrected chi connectivity index (χ4v) is 2.03. The first kappa shape index (κ1) is 14.7. The van der Waals surface area contributed by atoms with Crippen molar-refractivity contribution in [3.63, 3.8) is 0 Å². The monoisotopic (exact) mass is 275 g/mol. The third-order valence-corrected chi connectivity index (χ3v) is 3.47. The molecule has 1 aromatic heterocycles. The van der Waals surface area contributed by atoms with E-state index in [9.17, 15) is 13.2 Å². The number of nitrogens with one attached hydrogen (secondary N) is 1. The van der Waals surface area contributed by atoms with Gasteiger partial charge in [0.05, 0.1) is 12.6 Å². The van der Waals surface area contributed by atoms with Crippen LogP contribution >= 0.6 is 0 Å². The molecule has 1 amide bonds. The van der Waals surface area contributed by atoms with Crippen LogP contribution in [0, 0.1) is 0 Å². The number of rotatable bonds is 5. The molecule has 4 N–H and O–H groups in total. The van der Waals surface area contributed by atoms with Crippen molar-refractivity contribution in [3.8, 4) is 0 Å². The molecule has 1 heterocycles. The summed E-state index contributed by atoms with van der Waals surface area (Å²) in [4.78, 5) is 11.7. The maximum atomic E-state index is 11.9. The van der Waals surface area contributed by atoms with Crippen LogP contribution in [-0.4, -0.2) is 36.6 Å². The molecule has 0 aliphatic carbocycles. The molecule has 8 heteroatoms. The lowest BCUT2D eigenvalue weighted by Gasteiger charge is -2.13. The van der Waals surface area contributed by atoms with E-state index in [1.165, 1.54) is 16.8 Å². The molecular weight excluding hydrogens is 258 g/mol. The van der Waals surface area contributed by atoms with E-state index < -0.39 is 15.9 Å². The number of nitrogens with two attached hydrogens (primary N) is 1. The molecule has 1 unspecified atom stereocenters. The first-order valence-electron chi connectivity index (χ1n) is 5.40. The van der Waals surface area contributed by atoms with Crippen LogP contribution in [0.4, 0.5) is 0 Å². The highest BCUT2D eigenvalue weighted by molar-refractivity contribution is 7.89. The van der Waals surface area contributed by atoms with Crippen LogP contribution in [-0.2, 0) is 17.1 Å². The molecule has 18 heavy (non-hydrogen) atoms. The quantitative estimate of drug-likeness (QED) is 0.650. The summed E-state index contributed by atoms with van der Waals surface area (Å²) < 4.78 is 23.7. The minimum Gasteiger partial charge on any atom is -0.394 e. The van der Waals surface area contributed by atoms with Crippen molar-refractivity contribution in [2.45, 2.75) is 24.3 Å². The van der Waals surface area contributed by atoms with Gasteiger partial charge < -0.3 is 15.0 Å². The van der Waals surface area contributed by atoms with E-state index in [0.717, 1.165) is 0 Å². The Morgan fingerprint density at radius 2 is 2.22 bits per heavy atom. The van der Waals surface area contributed by atoms with Crippen molar-refractivity contribution >= 4 is 15.9 Å². The molecule has 102 valence electrons. The molecule has 0 fully saturated rings. The Morgan fingerprint density at radius 3 is 2.61 bits per heavy atom. The zero-order chi connectivity index (χ0) is 13.9. The average molecular weight is 275 g/mol. The van der Waals surface area contributed by atoms with Crippen molar-refractivity contribution < 1.29 is 18.3 Å². The van der Waals surface area contributed by atoms with Crippen LogP contribution < -0.4 is 10.5 Å². The van der Waals surface area contributed by atoms with E-state index in [2.05, 4.69) is 5.32 Å². The molecule has 1 aromatic rings. The van der Waals surface area contributed by atoms with E-state index in [1.807, 2.05) is 6.92 Å². The standard InChI is InChI=1S/C10H17N3O4S/c1-3-7(6-14)12-10(15)9-4-8(5-13(9)2)18(11,16)17/h4-5,7,14H,3,6H2,1-2H3,(H,12,15)(H2,11,16,17). The van der Waals surface area contributed by atoms with Gasteiger partial charge in [0.25, 0.3) is 5.91 Å². The molecular formula is C10H17N3O4S. The zero-order valence-electron chi connectivity index (χ0n) is 10.3. The molecule has 0 bridgehead atoms. The predicted molar refractivity (Wildman–Crippen MR) is 65.4 cm³/mol. The van der Waals surface area contributed by atoms with Gasteiger partial charge in [-0.3, -0.25) is 4.79 Å². The topological polar surface area (TPSA) is 114 Å². The highest BCUT2D eigenvalue weighted by atomic mass is 32.2. The molecule has 1 rings (SSSR count). The maximum Gasteiger partial charge on any atom is 0.268 e. The molecule has 7 nitrogen and oxygen atoms in total. The predicted octanol–water partition coefficient (Wildman–Crippen LogP) is -0.827. The average Bonchev–Trinajstić information content (AvgIpc) is 2.67. The second-order valence-corrected chi connectivity index (χ2v) is 5.54. The summed E-state index contributed by atoms with van der Waals surface area (Å²) in [7, 11) is -2.28. The van der Waals surface area contributed by atoms with Gasteiger partial charge in [-0.25, -0.2) is 13.6 Å². The molecule has 0 aromatic carbocycles. The van der Waals surface area contributed by atoms with E-state index in [-0.39, 0.29) is 23.2 Å². The fraction of sp³-hybridized carbons (Fsp3) is 0.500. The van der Waals surface area contributed by atoms with Gasteiger partial charge in [-0.05, 0) is 12.5 Å². The highest BCUT2D eigenvalue weighted by Crippen LogP contribution is 2.12. The van der Waals surface area contributed by atoms with Crippen molar-refractivity contribution in [1.29, 1.82) is 0 Å². The number of carbonyl (C=O) groups excluding carboxylic acids is 1. The third kappa shape index (κ3) is 3.31. The molecule has 0 aliphatic rings. The Bertz CT molecular complexity index is 531. The fourth-order valence-electron chi connectivity index (χ4n) is 1.45. The Balaban J connectivity index is 2.97. The number of sulfonamides is 1. The smallest absolute Gasteiger partial charge is 0.268 e. The van der Waals surface area contributed by atoms with Gasteiger partial charge in [-0.2, -0.15) is 0 Å². The Hall–Kier alpha value is -1.38. The van der Waals surface area contributed by atoms with Crippen molar-refractivity contribution in [1.82, 2.24) is 9.88 Å². The minimum atomic E-state index is -3.83. The number of carbonyl (C=O) groups is 1. The molecule has 0 saturated heterocycles. The number of hydrogen-bond donors (Lipinski definition) is 3. The normalized spacial score (nSPS) is 13.3. The lowest BCUT2D eigenvalue weighted by molar-refractivity contribution is 0.0906. The summed E-state index contributed by atoms with van der Waals surface area (Å²) in [6.07, 6.45) is 1.85. The van der Waals surface area contributed by atoms with Gasteiger partial charge in [-0.15, -0.1) is 0 Å². The van der Waals surface area contributed by atoms with Gasteiger partial charge in [0, 0.05) is 13.2 Å². The van der Waals surface area contributed by atoms with Gasteiger partial charge >= 0.3 is 0 Å². The molecule has 0 spiro atoms. The number of aryl methyl sites for hydroxylation is 1. The zero-order valence-corrected chi connectivity index (χ0v) is 11.1. The van der Waals surface area contributed by atoms with Crippen LogP contribution in [0.15, 0.2) is 17.2 Å². The first-order valence-corrected chi connectivity index (χ1v) is 6.95. The minimum absolute atomic E-state index is 0.118.